The van der Waals surface area contributed by atoms with Gasteiger partial charge in [0.2, 0.25) is 0 Å². The predicted molar refractivity (Wildman–Crippen MR) is 138 cm³/mol. The smallest absolute Gasteiger partial charge is 0.123 e. The molecule has 0 aliphatic rings. The number of rotatable bonds is 3. The van der Waals surface area contributed by atoms with Crippen molar-refractivity contribution in [3.8, 4) is 11.5 Å². The zero-order chi connectivity index (χ0) is 24.9. The molecular weight excluding hydrogens is 392 g/mol. The molecule has 2 aromatic carbocycles. The van der Waals surface area contributed by atoms with Crippen molar-refractivity contribution < 1.29 is 10.2 Å². The lowest BCUT2D eigenvalue weighted by molar-refractivity contribution is 0.418. The molecule has 0 heterocycles. The summed E-state index contributed by atoms with van der Waals surface area (Å²) >= 11 is 0. The fourth-order valence-corrected chi connectivity index (χ4v) is 4.84. The number of aromatic hydroxyl groups is 2. The van der Waals surface area contributed by atoms with Crippen LogP contribution < -0.4 is 0 Å². The first-order valence-electron chi connectivity index (χ1n) is 12.0. The molecular formula is C30H46O2. The summed E-state index contributed by atoms with van der Waals surface area (Å²) in [6.45, 7) is 25.9. The van der Waals surface area contributed by atoms with Crippen LogP contribution in [0.2, 0.25) is 0 Å². The zero-order valence-electron chi connectivity index (χ0n) is 22.6. The molecule has 0 saturated carbocycles. The third kappa shape index (κ3) is 5.50. The number of phenols is 2. The van der Waals surface area contributed by atoms with E-state index in [-0.39, 0.29) is 21.7 Å². The van der Waals surface area contributed by atoms with Gasteiger partial charge in [-0.2, -0.15) is 0 Å². The molecule has 2 nitrogen and oxygen atoms in total. The van der Waals surface area contributed by atoms with E-state index in [2.05, 4.69) is 107 Å². The van der Waals surface area contributed by atoms with Crippen molar-refractivity contribution in [3.63, 3.8) is 0 Å². The lowest BCUT2D eigenvalue weighted by atomic mass is 9.75. The Kier molecular flexibility index (Phi) is 6.93. The van der Waals surface area contributed by atoms with Gasteiger partial charge in [-0.05, 0) is 56.8 Å². The van der Waals surface area contributed by atoms with E-state index < -0.39 is 0 Å². The molecule has 178 valence electrons. The minimum absolute atomic E-state index is 0.114. The molecule has 2 aromatic rings. The second-order valence-electron chi connectivity index (χ2n) is 13.5. The molecule has 0 spiro atoms. The van der Waals surface area contributed by atoms with Crippen LogP contribution in [-0.2, 0) is 34.5 Å². The molecule has 32 heavy (non-hydrogen) atoms. The summed E-state index contributed by atoms with van der Waals surface area (Å²) < 4.78 is 0. The quantitative estimate of drug-likeness (QED) is 0.508. The summed E-state index contributed by atoms with van der Waals surface area (Å²) in [6, 6.07) is 8.57. The van der Waals surface area contributed by atoms with Gasteiger partial charge in [0.25, 0.3) is 0 Å². The van der Waals surface area contributed by atoms with Gasteiger partial charge < -0.3 is 10.2 Å². The average Bonchev–Trinajstić information content (AvgIpc) is 2.55. The van der Waals surface area contributed by atoms with Crippen LogP contribution in [0.5, 0.6) is 11.5 Å². The van der Waals surface area contributed by atoms with Gasteiger partial charge in [-0.25, -0.2) is 0 Å². The van der Waals surface area contributed by atoms with E-state index in [1.807, 2.05) is 0 Å². The van der Waals surface area contributed by atoms with Crippen LogP contribution >= 0.6 is 0 Å². The van der Waals surface area contributed by atoms with Gasteiger partial charge >= 0.3 is 0 Å². The Bertz CT molecular complexity index is 887. The van der Waals surface area contributed by atoms with Gasteiger partial charge in [-0.1, -0.05) is 107 Å². The molecule has 0 amide bonds. The predicted octanol–water partition coefficient (Wildman–Crippen LogP) is 8.07. The van der Waals surface area contributed by atoms with Crippen LogP contribution in [0.15, 0.2) is 24.3 Å². The first kappa shape index (κ1) is 26.3. The first-order chi connectivity index (χ1) is 14.3. The van der Waals surface area contributed by atoms with Gasteiger partial charge in [-0.3, -0.25) is 0 Å². The summed E-state index contributed by atoms with van der Waals surface area (Å²) in [5, 5.41) is 22.5. The van der Waals surface area contributed by atoms with Crippen molar-refractivity contribution in [2.75, 3.05) is 0 Å². The van der Waals surface area contributed by atoms with E-state index in [9.17, 15) is 10.2 Å². The molecule has 0 atom stereocenters. The summed E-state index contributed by atoms with van der Waals surface area (Å²) in [4.78, 5) is 0. The third-order valence-electron chi connectivity index (χ3n) is 6.31. The SMILES string of the molecule is CC(C)(C)c1ccc(CCc2ccc(C(C)(C)C)c(O)c2C(C)(C)C)c(C(C)(C)C)c1O. The van der Waals surface area contributed by atoms with E-state index >= 15 is 0 Å². The summed E-state index contributed by atoms with van der Waals surface area (Å²) in [5.74, 6) is 0.869. The standard InChI is InChI=1S/C30H46O2/c1-27(2,3)21-17-15-19(23(25(21)31)29(7,8)9)13-14-20-16-18-22(28(4,5)6)26(32)24(20)30(10,11)12/h15-18,31-32H,13-14H2,1-12H3. The minimum atomic E-state index is -0.161. The monoisotopic (exact) mass is 438 g/mol. The normalized spacial score (nSPS) is 13.5. The molecule has 0 unspecified atom stereocenters. The van der Waals surface area contributed by atoms with E-state index in [0.717, 1.165) is 35.1 Å². The van der Waals surface area contributed by atoms with E-state index in [1.54, 1.807) is 0 Å². The van der Waals surface area contributed by atoms with Gasteiger partial charge in [0, 0.05) is 11.1 Å². The number of benzene rings is 2. The average molecular weight is 439 g/mol. The zero-order valence-corrected chi connectivity index (χ0v) is 22.6. The number of hydrogen-bond donors (Lipinski definition) is 2. The molecule has 2 N–H and O–H groups in total. The minimum Gasteiger partial charge on any atom is -0.507 e. The van der Waals surface area contributed by atoms with E-state index in [1.165, 1.54) is 11.1 Å². The van der Waals surface area contributed by atoms with Crippen molar-refractivity contribution in [2.24, 2.45) is 0 Å². The summed E-state index contributed by atoms with van der Waals surface area (Å²) in [6.07, 6.45) is 1.64. The molecule has 0 bridgehead atoms. The van der Waals surface area contributed by atoms with Gasteiger partial charge in [0.05, 0.1) is 0 Å². The molecule has 0 aliphatic heterocycles. The van der Waals surface area contributed by atoms with Crippen molar-refractivity contribution in [1.29, 1.82) is 0 Å². The summed E-state index contributed by atoms with van der Waals surface area (Å²) in [7, 11) is 0. The Morgan fingerprint density at radius 1 is 0.469 bits per heavy atom. The van der Waals surface area contributed by atoms with Crippen LogP contribution in [0.1, 0.15) is 116 Å². The maximum absolute atomic E-state index is 11.3. The lowest BCUT2D eigenvalue weighted by Gasteiger charge is -2.31. The number of aryl methyl sites for hydroxylation is 2. The Balaban J connectivity index is 2.58. The van der Waals surface area contributed by atoms with Crippen molar-refractivity contribution in [1.82, 2.24) is 0 Å². The highest BCUT2D eigenvalue weighted by Crippen LogP contribution is 2.43. The van der Waals surface area contributed by atoms with Crippen molar-refractivity contribution in [3.05, 3.63) is 57.6 Å². The third-order valence-corrected chi connectivity index (χ3v) is 6.31. The topological polar surface area (TPSA) is 40.5 Å². The van der Waals surface area contributed by atoms with Crippen molar-refractivity contribution in [2.45, 2.75) is 118 Å². The van der Waals surface area contributed by atoms with Crippen LogP contribution in [0.3, 0.4) is 0 Å². The van der Waals surface area contributed by atoms with Crippen LogP contribution in [-0.4, -0.2) is 10.2 Å². The highest BCUT2D eigenvalue weighted by atomic mass is 16.3. The number of hydrogen-bond acceptors (Lipinski definition) is 2. The Labute approximate surface area is 197 Å². The Morgan fingerprint density at radius 3 is 0.969 bits per heavy atom. The lowest BCUT2D eigenvalue weighted by Crippen LogP contribution is -2.21. The highest BCUT2D eigenvalue weighted by molar-refractivity contribution is 5.54. The molecule has 2 heteroatoms. The largest absolute Gasteiger partial charge is 0.507 e. The first-order valence-corrected chi connectivity index (χ1v) is 12.0. The van der Waals surface area contributed by atoms with Crippen molar-refractivity contribution >= 4 is 0 Å². The molecule has 0 fully saturated rings. The van der Waals surface area contributed by atoms with Crippen LogP contribution in [0.25, 0.3) is 0 Å². The summed E-state index contributed by atoms with van der Waals surface area (Å²) in [5.41, 5.74) is 5.88. The van der Waals surface area contributed by atoms with Gasteiger partial charge in [0.1, 0.15) is 11.5 Å². The second-order valence-corrected chi connectivity index (χ2v) is 13.5. The molecule has 2 rings (SSSR count). The Morgan fingerprint density at radius 2 is 0.750 bits per heavy atom. The molecule has 0 radical (unpaired) electrons. The van der Waals surface area contributed by atoms with Gasteiger partial charge in [-0.15, -0.1) is 0 Å². The molecule has 0 aliphatic carbocycles. The maximum atomic E-state index is 11.3. The van der Waals surface area contributed by atoms with Gasteiger partial charge in [0.15, 0.2) is 0 Å². The second kappa shape index (κ2) is 8.43. The van der Waals surface area contributed by atoms with Crippen LogP contribution in [0.4, 0.5) is 0 Å². The highest BCUT2D eigenvalue weighted by Gasteiger charge is 2.30. The molecule has 0 saturated heterocycles. The molecule has 0 aromatic heterocycles. The maximum Gasteiger partial charge on any atom is 0.123 e. The fraction of sp³-hybridized carbons (Fsp3) is 0.600. The fourth-order valence-electron chi connectivity index (χ4n) is 4.84. The number of phenolic OH excluding ortho intramolecular Hbond substituents is 2. The van der Waals surface area contributed by atoms with Crippen LogP contribution in [0, 0.1) is 0 Å². The van der Waals surface area contributed by atoms with E-state index in [0.29, 0.717) is 11.5 Å². The Hall–Kier alpha value is -1.96. The van der Waals surface area contributed by atoms with E-state index in [4.69, 9.17) is 0 Å².